The minimum absolute atomic E-state index is 0.202. The molecule has 0 radical (unpaired) electrons. The number of amides is 4. The second-order valence-electron chi connectivity index (χ2n) is 5.92. The molecule has 0 bridgehead atoms. The smallest absolute Gasteiger partial charge is 0.327 e. The Hall–Kier alpha value is -2.38. The van der Waals surface area contributed by atoms with Crippen LogP contribution in [0.15, 0.2) is 0 Å². The van der Waals surface area contributed by atoms with Crippen molar-refractivity contribution in [2.45, 2.75) is 43.8 Å². The molecule has 0 aromatic carbocycles. The normalized spacial score (nSPS) is 13.7. The van der Waals surface area contributed by atoms with Crippen molar-refractivity contribution < 1.29 is 29.1 Å². The van der Waals surface area contributed by atoms with Crippen molar-refractivity contribution >= 4 is 42.2 Å². The Bertz CT molecular complexity index is 575. The number of carbonyl (C=O) groups is 5. The van der Waals surface area contributed by atoms with Gasteiger partial charge in [-0.05, 0) is 25.8 Å². The van der Waals surface area contributed by atoms with Gasteiger partial charge in [0.05, 0.1) is 13.0 Å². The minimum Gasteiger partial charge on any atom is -0.480 e. The van der Waals surface area contributed by atoms with Gasteiger partial charge in [-0.2, -0.15) is 12.6 Å². The number of carbonyl (C=O) groups excluding carboxylic acids is 4. The summed E-state index contributed by atoms with van der Waals surface area (Å²) >= 11 is 3.82. The first-order valence-electron chi connectivity index (χ1n) is 8.58. The molecule has 160 valence electrons. The fourth-order valence-corrected chi connectivity index (χ4v) is 2.40. The number of rotatable bonds is 14. The fourth-order valence-electron chi connectivity index (χ4n) is 2.16. The van der Waals surface area contributed by atoms with Gasteiger partial charge in [-0.1, -0.05) is 0 Å². The average Bonchev–Trinajstić information content (AvgIpc) is 2.63. The van der Waals surface area contributed by atoms with Crippen molar-refractivity contribution in [3.05, 3.63) is 0 Å². The number of unbranched alkanes of at least 4 members (excludes halogenated alkanes) is 1. The van der Waals surface area contributed by atoms with Crippen LogP contribution < -0.4 is 33.2 Å². The van der Waals surface area contributed by atoms with Crippen LogP contribution >= 0.6 is 12.6 Å². The Morgan fingerprint density at radius 3 is 1.93 bits per heavy atom. The van der Waals surface area contributed by atoms with Gasteiger partial charge in [-0.25, -0.2) is 4.79 Å². The molecule has 0 heterocycles. The highest BCUT2D eigenvalue weighted by Crippen LogP contribution is 2.03. The maximum absolute atomic E-state index is 12.5. The third-order valence-corrected chi connectivity index (χ3v) is 3.98. The first-order chi connectivity index (χ1) is 13.2. The van der Waals surface area contributed by atoms with Crippen molar-refractivity contribution in [1.82, 2.24) is 16.0 Å². The number of aliphatic carboxylic acids is 1. The number of nitrogens with two attached hydrogens (primary N) is 3. The van der Waals surface area contributed by atoms with E-state index in [9.17, 15) is 24.0 Å². The largest absolute Gasteiger partial charge is 0.480 e. The molecule has 0 fully saturated rings. The average molecular weight is 420 g/mol. The van der Waals surface area contributed by atoms with Crippen LogP contribution in [-0.2, 0) is 24.0 Å². The molecule has 0 saturated heterocycles. The van der Waals surface area contributed by atoms with E-state index in [0.29, 0.717) is 19.4 Å². The van der Waals surface area contributed by atoms with Crippen LogP contribution in [0.25, 0.3) is 0 Å². The van der Waals surface area contributed by atoms with Gasteiger partial charge in [0.15, 0.2) is 0 Å². The lowest BCUT2D eigenvalue weighted by atomic mass is 10.1. The molecular formula is C15H28N6O6S. The van der Waals surface area contributed by atoms with Crippen molar-refractivity contribution in [3.8, 4) is 0 Å². The Morgan fingerprint density at radius 1 is 0.893 bits per heavy atom. The monoisotopic (exact) mass is 420 g/mol. The Kier molecular flexibility index (Phi) is 12.6. The van der Waals surface area contributed by atoms with Gasteiger partial charge < -0.3 is 38.3 Å². The first kappa shape index (κ1) is 25.6. The molecule has 28 heavy (non-hydrogen) atoms. The molecular weight excluding hydrogens is 392 g/mol. The van der Waals surface area contributed by atoms with Crippen LogP contribution in [0.1, 0.15) is 25.7 Å². The minimum atomic E-state index is -1.42. The van der Waals surface area contributed by atoms with Crippen LogP contribution in [0.2, 0.25) is 0 Å². The Labute approximate surface area is 167 Å². The highest BCUT2D eigenvalue weighted by Gasteiger charge is 2.29. The highest BCUT2D eigenvalue weighted by atomic mass is 32.1. The van der Waals surface area contributed by atoms with E-state index in [1.807, 2.05) is 0 Å². The van der Waals surface area contributed by atoms with E-state index in [1.165, 1.54) is 0 Å². The summed E-state index contributed by atoms with van der Waals surface area (Å²) in [6.07, 6.45) is 0.799. The number of carboxylic acids is 1. The number of primary amides is 1. The standard InChI is InChI=1S/C15H28N6O6S/c16-4-2-1-3-8(19-12(23)6-17)13(24)20-9(5-11(18)22)14(25)21-10(7-28)15(26)27/h8-10,28H,1-7,16-17H2,(H2,18,22)(H,19,23)(H,20,24)(H,21,25)(H,26,27). The highest BCUT2D eigenvalue weighted by molar-refractivity contribution is 7.80. The van der Waals surface area contributed by atoms with E-state index >= 15 is 0 Å². The molecule has 0 aromatic heterocycles. The number of hydrogen-bond donors (Lipinski definition) is 8. The lowest BCUT2D eigenvalue weighted by Gasteiger charge is -2.23. The molecule has 12 nitrogen and oxygen atoms in total. The molecule has 0 aliphatic carbocycles. The van der Waals surface area contributed by atoms with Crippen LogP contribution in [0.4, 0.5) is 0 Å². The van der Waals surface area contributed by atoms with Crippen molar-refractivity contribution in [2.24, 2.45) is 17.2 Å². The number of carboxylic acid groups (broad SMARTS) is 1. The van der Waals surface area contributed by atoms with Gasteiger partial charge in [-0.15, -0.1) is 0 Å². The van der Waals surface area contributed by atoms with Crippen LogP contribution in [0, 0.1) is 0 Å². The number of hydrogen-bond acceptors (Lipinski definition) is 8. The zero-order chi connectivity index (χ0) is 21.7. The zero-order valence-corrected chi connectivity index (χ0v) is 16.2. The van der Waals surface area contributed by atoms with Crippen molar-refractivity contribution in [2.75, 3.05) is 18.8 Å². The predicted molar refractivity (Wildman–Crippen MR) is 103 cm³/mol. The van der Waals surface area contributed by atoms with E-state index in [4.69, 9.17) is 22.3 Å². The Morgan fingerprint density at radius 2 is 1.46 bits per heavy atom. The maximum atomic E-state index is 12.5. The summed E-state index contributed by atoms with van der Waals surface area (Å²) < 4.78 is 0. The summed E-state index contributed by atoms with van der Waals surface area (Å²) in [4.78, 5) is 58.6. The molecule has 3 unspecified atom stereocenters. The van der Waals surface area contributed by atoms with E-state index in [2.05, 4.69) is 28.6 Å². The second-order valence-corrected chi connectivity index (χ2v) is 6.29. The van der Waals surface area contributed by atoms with E-state index in [0.717, 1.165) is 0 Å². The lowest BCUT2D eigenvalue weighted by molar-refractivity contribution is -0.141. The summed E-state index contributed by atoms with van der Waals surface area (Å²) in [5.41, 5.74) is 15.8. The van der Waals surface area contributed by atoms with Crippen LogP contribution in [-0.4, -0.2) is 71.7 Å². The van der Waals surface area contributed by atoms with E-state index in [-0.39, 0.29) is 18.7 Å². The van der Waals surface area contributed by atoms with Gasteiger partial charge in [0, 0.05) is 5.75 Å². The predicted octanol–water partition coefficient (Wildman–Crippen LogP) is -3.58. The van der Waals surface area contributed by atoms with Crippen LogP contribution in [0.3, 0.4) is 0 Å². The van der Waals surface area contributed by atoms with Crippen LogP contribution in [0.5, 0.6) is 0 Å². The van der Waals surface area contributed by atoms with E-state index < -0.39 is 54.1 Å². The quantitative estimate of drug-likeness (QED) is 0.103. The molecule has 0 spiro atoms. The third kappa shape index (κ3) is 10.1. The van der Waals surface area contributed by atoms with Gasteiger partial charge in [0.1, 0.15) is 18.1 Å². The van der Waals surface area contributed by atoms with Gasteiger partial charge in [0.2, 0.25) is 23.6 Å². The number of nitrogens with one attached hydrogen (secondary N) is 3. The Balaban J connectivity index is 5.24. The molecule has 13 heteroatoms. The third-order valence-electron chi connectivity index (χ3n) is 3.62. The summed E-state index contributed by atoms with van der Waals surface area (Å²) in [7, 11) is 0. The summed E-state index contributed by atoms with van der Waals surface area (Å²) in [6, 6.07) is -3.75. The topological polar surface area (TPSA) is 220 Å². The van der Waals surface area contributed by atoms with Gasteiger partial charge in [0.25, 0.3) is 0 Å². The van der Waals surface area contributed by atoms with Gasteiger partial charge in [-0.3, -0.25) is 19.2 Å². The summed E-state index contributed by atoms with van der Waals surface area (Å²) in [5, 5.41) is 15.9. The molecule has 0 rings (SSSR count). The second kappa shape index (κ2) is 13.7. The zero-order valence-electron chi connectivity index (χ0n) is 15.3. The summed E-state index contributed by atoms with van der Waals surface area (Å²) in [5.74, 6) is -4.65. The van der Waals surface area contributed by atoms with Gasteiger partial charge >= 0.3 is 5.97 Å². The molecule has 10 N–H and O–H groups in total. The van der Waals surface area contributed by atoms with Crippen molar-refractivity contribution in [1.29, 1.82) is 0 Å². The van der Waals surface area contributed by atoms with E-state index in [1.54, 1.807) is 0 Å². The molecule has 3 atom stereocenters. The molecule has 0 aliphatic rings. The lowest BCUT2D eigenvalue weighted by Crippen LogP contribution is -2.57. The molecule has 4 amide bonds. The number of thiol groups is 1. The summed E-state index contributed by atoms with van der Waals surface area (Å²) in [6.45, 7) is 0.0558. The molecule has 0 saturated carbocycles. The maximum Gasteiger partial charge on any atom is 0.327 e. The molecule has 0 aliphatic heterocycles. The fraction of sp³-hybridized carbons (Fsp3) is 0.667. The first-order valence-corrected chi connectivity index (χ1v) is 9.21. The molecule has 0 aromatic rings. The van der Waals surface area contributed by atoms with Crippen molar-refractivity contribution in [3.63, 3.8) is 0 Å². The SMILES string of the molecule is NCCCCC(NC(=O)CN)C(=O)NC(CC(N)=O)C(=O)NC(CS)C(=O)O.